The van der Waals surface area contributed by atoms with E-state index in [0.29, 0.717) is 22.9 Å². The van der Waals surface area contributed by atoms with E-state index in [-0.39, 0.29) is 24.4 Å². The Balaban J connectivity index is 1.47. The second-order valence-corrected chi connectivity index (χ2v) is 7.29. The molecule has 1 aliphatic heterocycles. The molecule has 1 fully saturated rings. The monoisotopic (exact) mass is 471 g/mol. The van der Waals surface area contributed by atoms with Gasteiger partial charge in [0.15, 0.2) is 18.1 Å². The summed E-state index contributed by atoms with van der Waals surface area (Å²) in [5, 5.41) is 0. The van der Waals surface area contributed by atoms with Gasteiger partial charge in [-0.3, -0.25) is 30.0 Å². The van der Waals surface area contributed by atoms with Crippen molar-refractivity contribution in [2.45, 2.75) is 6.42 Å². The molecule has 2 aromatic carbocycles. The van der Waals surface area contributed by atoms with Crippen LogP contribution >= 0.6 is 0 Å². The number of anilines is 1. The predicted octanol–water partition coefficient (Wildman–Crippen LogP) is 1.07. The van der Waals surface area contributed by atoms with Gasteiger partial charge < -0.3 is 23.8 Å². The van der Waals surface area contributed by atoms with Crippen LogP contribution in [0.2, 0.25) is 0 Å². The Labute approximate surface area is 195 Å². The molecule has 1 saturated heterocycles. The molecule has 1 aliphatic rings. The van der Waals surface area contributed by atoms with Gasteiger partial charge in [-0.15, -0.1) is 0 Å². The molecule has 0 saturated carbocycles. The van der Waals surface area contributed by atoms with Crippen molar-refractivity contribution in [2.24, 2.45) is 5.92 Å². The molecule has 1 heterocycles. The first-order valence-corrected chi connectivity index (χ1v) is 10.3. The molecule has 0 aliphatic carbocycles. The average molecular weight is 471 g/mol. The second kappa shape index (κ2) is 11.0. The molecule has 11 nitrogen and oxygen atoms in total. The highest BCUT2D eigenvalue weighted by Gasteiger charge is 2.36. The van der Waals surface area contributed by atoms with E-state index in [2.05, 4.69) is 10.9 Å². The van der Waals surface area contributed by atoms with Crippen LogP contribution in [0.4, 0.5) is 5.69 Å². The average Bonchev–Trinajstić information content (AvgIpc) is 3.26. The van der Waals surface area contributed by atoms with Crippen LogP contribution < -0.4 is 30.0 Å². The quantitative estimate of drug-likeness (QED) is 0.432. The van der Waals surface area contributed by atoms with Crippen LogP contribution in [0, 0.1) is 5.92 Å². The number of carbonyl (C=O) groups is 4. The summed E-state index contributed by atoms with van der Waals surface area (Å²) in [7, 11) is 4.42. The van der Waals surface area contributed by atoms with Crippen LogP contribution in [0.3, 0.4) is 0 Å². The zero-order chi connectivity index (χ0) is 24.7. The van der Waals surface area contributed by atoms with E-state index in [1.807, 2.05) is 0 Å². The fraction of sp³-hybridized carbons (Fsp3) is 0.304. The maximum atomic E-state index is 12.4. The van der Waals surface area contributed by atoms with E-state index >= 15 is 0 Å². The highest BCUT2D eigenvalue weighted by Crippen LogP contribution is 2.29. The number of nitrogens with zero attached hydrogens (tertiary/aromatic N) is 1. The first-order valence-electron chi connectivity index (χ1n) is 10.3. The third-order valence-electron chi connectivity index (χ3n) is 5.13. The highest BCUT2D eigenvalue weighted by atomic mass is 16.5. The maximum absolute atomic E-state index is 12.4. The van der Waals surface area contributed by atoms with Gasteiger partial charge in [0.05, 0.1) is 27.2 Å². The van der Waals surface area contributed by atoms with Crippen molar-refractivity contribution in [3.05, 3.63) is 48.0 Å². The number of hydrazine groups is 1. The first-order chi connectivity index (χ1) is 16.4. The van der Waals surface area contributed by atoms with Crippen molar-refractivity contribution < 1.29 is 38.1 Å². The molecule has 1 unspecified atom stereocenters. The molecule has 0 bridgehead atoms. The lowest BCUT2D eigenvalue weighted by molar-refractivity contribution is -0.152. The largest absolute Gasteiger partial charge is 0.497 e. The Morgan fingerprint density at radius 3 is 2.44 bits per heavy atom. The summed E-state index contributed by atoms with van der Waals surface area (Å²) in [5.74, 6) is -1.58. The van der Waals surface area contributed by atoms with E-state index in [9.17, 15) is 19.2 Å². The molecular weight excluding hydrogens is 446 g/mol. The molecule has 0 spiro atoms. The fourth-order valence-corrected chi connectivity index (χ4v) is 3.36. The zero-order valence-corrected chi connectivity index (χ0v) is 19.0. The number of ether oxygens (including phenoxy) is 4. The second-order valence-electron chi connectivity index (χ2n) is 7.29. The van der Waals surface area contributed by atoms with Crippen LogP contribution in [-0.4, -0.2) is 58.2 Å². The standard InChI is InChI=1S/C23H25N3O8/c1-31-17-6-4-5-16(11-17)26-12-15(10-21(26)28)23(30)34-13-20(27)24-25-22(29)14-7-8-18(32-2)19(9-14)33-3/h4-9,11,15H,10,12-13H2,1-3H3,(H,24,27)(H,25,29). The lowest BCUT2D eigenvalue weighted by atomic mass is 10.1. The van der Waals surface area contributed by atoms with Gasteiger partial charge in [0.2, 0.25) is 5.91 Å². The van der Waals surface area contributed by atoms with Crippen molar-refractivity contribution in [3.8, 4) is 17.2 Å². The maximum Gasteiger partial charge on any atom is 0.311 e. The molecule has 1 atom stereocenters. The topological polar surface area (TPSA) is 132 Å². The van der Waals surface area contributed by atoms with Crippen LogP contribution in [0.5, 0.6) is 17.2 Å². The van der Waals surface area contributed by atoms with Gasteiger partial charge in [0, 0.05) is 30.3 Å². The molecule has 180 valence electrons. The normalized spacial score (nSPS) is 14.9. The van der Waals surface area contributed by atoms with E-state index in [1.54, 1.807) is 30.3 Å². The van der Waals surface area contributed by atoms with Crippen molar-refractivity contribution in [1.82, 2.24) is 10.9 Å². The summed E-state index contributed by atoms with van der Waals surface area (Å²) in [6.07, 6.45) is -0.0340. The van der Waals surface area contributed by atoms with Crippen molar-refractivity contribution in [1.29, 1.82) is 0 Å². The van der Waals surface area contributed by atoms with Crippen LogP contribution in [0.1, 0.15) is 16.8 Å². The number of esters is 1. The van der Waals surface area contributed by atoms with Gasteiger partial charge >= 0.3 is 5.97 Å². The summed E-state index contributed by atoms with van der Waals surface area (Å²) < 4.78 is 20.4. The molecule has 2 aromatic rings. The van der Waals surface area contributed by atoms with Crippen LogP contribution in [0.15, 0.2) is 42.5 Å². The number of nitrogens with one attached hydrogen (secondary N) is 2. The number of hydrogen-bond donors (Lipinski definition) is 2. The summed E-state index contributed by atoms with van der Waals surface area (Å²) in [6, 6.07) is 11.4. The third kappa shape index (κ3) is 5.74. The number of rotatable bonds is 8. The zero-order valence-electron chi connectivity index (χ0n) is 19.0. The van der Waals surface area contributed by atoms with Crippen molar-refractivity contribution >= 4 is 29.4 Å². The molecule has 0 aromatic heterocycles. The minimum Gasteiger partial charge on any atom is -0.497 e. The van der Waals surface area contributed by atoms with Crippen LogP contribution in [-0.2, 0) is 19.1 Å². The molecule has 2 N–H and O–H groups in total. The minimum absolute atomic E-state index is 0.0340. The third-order valence-corrected chi connectivity index (χ3v) is 5.13. The highest BCUT2D eigenvalue weighted by molar-refractivity contribution is 6.00. The smallest absolute Gasteiger partial charge is 0.311 e. The Bertz CT molecular complexity index is 1090. The first kappa shape index (κ1) is 24.4. The SMILES string of the molecule is COc1cccc(N2CC(C(=O)OCC(=O)NNC(=O)c3ccc(OC)c(OC)c3)CC2=O)c1. The minimum atomic E-state index is -0.740. The van der Waals surface area contributed by atoms with E-state index in [1.165, 1.54) is 38.4 Å². The predicted molar refractivity (Wildman–Crippen MR) is 120 cm³/mol. The number of benzene rings is 2. The summed E-state index contributed by atoms with van der Waals surface area (Å²) in [6.45, 7) is -0.489. The van der Waals surface area contributed by atoms with Gasteiger partial charge in [0.25, 0.3) is 11.8 Å². The van der Waals surface area contributed by atoms with E-state index in [0.717, 1.165) is 0 Å². The summed E-state index contributed by atoms with van der Waals surface area (Å²) in [5.41, 5.74) is 5.22. The Kier molecular flexibility index (Phi) is 7.91. The number of methoxy groups -OCH3 is 3. The van der Waals surface area contributed by atoms with Gasteiger partial charge in [-0.2, -0.15) is 0 Å². The number of carbonyl (C=O) groups excluding carboxylic acids is 4. The molecule has 11 heteroatoms. The van der Waals surface area contributed by atoms with Gasteiger partial charge in [-0.1, -0.05) is 6.07 Å². The number of hydrogen-bond acceptors (Lipinski definition) is 8. The van der Waals surface area contributed by atoms with Crippen LogP contribution in [0.25, 0.3) is 0 Å². The van der Waals surface area contributed by atoms with E-state index < -0.39 is 30.3 Å². The number of amides is 3. The Hall–Kier alpha value is -4.28. The van der Waals surface area contributed by atoms with Gasteiger partial charge in [-0.25, -0.2) is 0 Å². The van der Waals surface area contributed by atoms with Gasteiger partial charge in [-0.05, 0) is 30.3 Å². The van der Waals surface area contributed by atoms with Crippen molar-refractivity contribution in [3.63, 3.8) is 0 Å². The molecule has 3 amide bonds. The molecule has 34 heavy (non-hydrogen) atoms. The Morgan fingerprint density at radius 1 is 0.971 bits per heavy atom. The lowest BCUT2D eigenvalue weighted by Crippen LogP contribution is -2.43. The fourth-order valence-electron chi connectivity index (χ4n) is 3.36. The van der Waals surface area contributed by atoms with Crippen molar-refractivity contribution in [2.75, 3.05) is 39.4 Å². The van der Waals surface area contributed by atoms with Gasteiger partial charge in [0.1, 0.15) is 5.75 Å². The molecule has 3 rings (SSSR count). The lowest BCUT2D eigenvalue weighted by Gasteiger charge is -2.17. The Morgan fingerprint density at radius 2 is 1.74 bits per heavy atom. The summed E-state index contributed by atoms with van der Waals surface area (Å²) >= 11 is 0. The summed E-state index contributed by atoms with van der Waals surface area (Å²) in [4.78, 5) is 50.4. The van der Waals surface area contributed by atoms with E-state index in [4.69, 9.17) is 18.9 Å². The molecular formula is C23H25N3O8. The molecule has 0 radical (unpaired) electrons.